The van der Waals surface area contributed by atoms with Crippen molar-refractivity contribution in [3.05, 3.63) is 76.8 Å². The van der Waals surface area contributed by atoms with Gasteiger partial charge in [-0.1, -0.05) is 63.6 Å². The average Bonchev–Trinajstić information content (AvgIpc) is 2.74. The summed E-state index contributed by atoms with van der Waals surface area (Å²) in [5.41, 5.74) is 2.26. The van der Waals surface area contributed by atoms with E-state index in [2.05, 4.69) is 37.9 Å². The Morgan fingerprint density at radius 2 is 2.00 bits per heavy atom. The largest absolute Gasteiger partial charge is 0.441 e. The zero-order chi connectivity index (χ0) is 21.3. The van der Waals surface area contributed by atoms with Crippen LogP contribution in [0.15, 0.2) is 75.8 Å². The fourth-order valence-electron chi connectivity index (χ4n) is 2.57. The highest BCUT2D eigenvalue weighted by atomic mass is 79.9. The molecular weight excluding hydrogens is 464 g/mol. The molecular formula is C22H23BrN4O2S. The lowest BCUT2D eigenvalue weighted by molar-refractivity contribution is -0.118. The van der Waals surface area contributed by atoms with Crippen molar-refractivity contribution in [1.82, 2.24) is 10.3 Å². The third kappa shape index (κ3) is 7.03. The molecule has 3 rings (SSSR count). The minimum Gasteiger partial charge on any atom is -0.441 e. The van der Waals surface area contributed by atoms with Crippen molar-refractivity contribution in [1.29, 1.82) is 0 Å². The van der Waals surface area contributed by atoms with Crippen molar-refractivity contribution in [2.24, 2.45) is 10.1 Å². The Labute approximate surface area is 189 Å². The highest BCUT2D eigenvalue weighted by Gasteiger charge is 2.18. The summed E-state index contributed by atoms with van der Waals surface area (Å²) in [7, 11) is 0. The van der Waals surface area contributed by atoms with Crippen LogP contribution in [0.1, 0.15) is 11.1 Å². The van der Waals surface area contributed by atoms with Gasteiger partial charge in [0.05, 0.1) is 12.3 Å². The SMILES string of the molecule is C=CCN1CC(Oc2ccc(Br)cc2)=NC(SCC(=O)NCc2ccc(C)cc2)=N1. The predicted molar refractivity (Wildman–Crippen MR) is 127 cm³/mol. The zero-order valence-electron chi connectivity index (χ0n) is 16.7. The van der Waals surface area contributed by atoms with Gasteiger partial charge < -0.3 is 10.1 Å². The first kappa shape index (κ1) is 22.1. The van der Waals surface area contributed by atoms with E-state index >= 15 is 0 Å². The number of aliphatic imine (C=N–C) groups is 1. The molecule has 1 aliphatic rings. The van der Waals surface area contributed by atoms with E-state index in [1.807, 2.05) is 55.5 Å². The summed E-state index contributed by atoms with van der Waals surface area (Å²) in [6, 6.07) is 15.6. The highest BCUT2D eigenvalue weighted by Crippen LogP contribution is 2.19. The van der Waals surface area contributed by atoms with Crippen LogP contribution in [-0.4, -0.2) is 40.8 Å². The number of carbonyl (C=O) groups is 1. The number of amidine groups is 1. The Kier molecular flexibility index (Phi) is 8.10. The van der Waals surface area contributed by atoms with Gasteiger partial charge in [-0.3, -0.25) is 9.80 Å². The number of aryl methyl sites for hydroxylation is 1. The second-order valence-corrected chi connectivity index (χ2v) is 8.49. The Morgan fingerprint density at radius 1 is 1.27 bits per heavy atom. The van der Waals surface area contributed by atoms with Crippen molar-refractivity contribution < 1.29 is 9.53 Å². The van der Waals surface area contributed by atoms with Gasteiger partial charge in [0.2, 0.25) is 17.0 Å². The minimum atomic E-state index is -0.0744. The van der Waals surface area contributed by atoms with Crippen LogP contribution in [0.2, 0.25) is 0 Å². The van der Waals surface area contributed by atoms with E-state index < -0.39 is 0 Å². The molecule has 0 radical (unpaired) electrons. The second kappa shape index (κ2) is 11.0. The number of hydrazone groups is 1. The molecule has 0 fully saturated rings. The molecule has 2 aromatic rings. The first-order valence-corrected chi connectivity index (χ1v) is 11.2. The maximum absolute atomic E-state index is 12.2. The lowest BCUT2D eigenvalue weighted by Gasteiger charge is -2.23. The predicted octanol–water partition coefficient (Wildman–Crippen LogP) is 4.36. The van der Waals surface area contributed by atoms with Gasteiger partial charge in [-0.2, -0.15) is 4.99 Å². The molecule has 156 valence electrons. The number of thioether (sulfide) groups is 1. The van der Waals surface area contributed by atoms with Crippen molar-refractivity contribution in [3.63, 3.8) is 0 Å². The van der Waals surface area contributed by atoms with Gasteiger partial charge in [0.1, 0.15) is 12.3 Å². The molecule has 30 heavy (non-hydrogen) atoms. The summed E-state index contributed by atoms with van der Waals surface area (Å²) in [5, 5.41) is 9.68. The molecule has 0 atom stereocenters. The minimum absolute atomic E-state index is 0.0744. The van der Waals surface area contributed by atoms with E-state index in [-0.39, 0.29) is 11.7 Å². The molecule has 0 aromatic heterocycles. The monoisotopic (exact) mass is 486 g/mol. The summed E-state index contributed by atoms with van der Waals surface area (Å²) in [6.07, 6.45) is 1.77. The summed E-state index contributed by atoms with van der Waals surface area (Å²) in [4.78, 5) is 16.7. The van der Waals surface area contributed by atoms with Crippen molar-refractivity contribution in [3.8, 4) is 5.75 Å². The lowest BCUT2D eigenvalue weighted by atomic mass is 10.1. The number of rotatable bonds is 7. The molecule has 1 N–H and O–H groups in total. The molecule has 0 bridgehead atoms. The second-order valence-electron chi connectivity index (χ2n) is 6.63. The average molecular weight is 487 g/mol. The number of hydrogen-bond acceptors (Lipinski definition) is 6. The van der Waals surface area contributed by atoms with Gasteiger partial charge in [-0.25, -0.2) is 0 Å². The Bertz CT molecular complexity index is 943. The third-order valence-electron chi connectivity index (χ3n) is 4.10. The van der Waals surface area contributed by atoms with Crippen LogP contribution in [0.5, 0.6) is 5.75 Å². The number of carbonyl (C=O) groups excluding carboxylic acids is 1. The van der Waals surface area contributed by atoms with Crippen LogP contribution in [-0.2, 0) is 11.3 Å². The third-order valence-corrected chi connectivity index (χ3v) is 5.46. The summed E-state index contributed by atoms with van der Waals surface area (Å²) < 4.78 is 6.87. The van der Waals surface area contributed by atoms with Crippen LogP contribution in [0.25, 0.3) is 0 Å². The van der Waals surface area contributed by atoms with Crippen LogP contribution in [0, 0.1) is 6.92 Å². The Hall–Kier alpha value is -2.58. The maximum Gasteiger partial charge on any atom is 0.230 e. The molecule has 8 heteroatoms. The van der Waals surface area contributed by atoms with Crippen molar-refractivity contribution in [2.45, 2.75) is 13.5 Å². The van der Waals surface area contributed by atoms with E-state index in [0.717, 1.165) is 10.0 Å². The summed E-state index contributed by atoms with van der Waals surface area (Å²) >= 11 is 4.69. The molecule has 1 aliphatic heterocycles. The topological polar surface area (TPSA) is 66.3 Å². The number of nitrogens with zero attached hydrogens (tertiary/aromatic N) is 3. The van der Waals surface area contributed by atoms with Gasteiger partial charge in [0.25, 0.3) is 0 Å². The summed E-state index contributed by atoms with van der Waals surface area (Å²) in [6.45, 7) is 7.29. The molecule has 1 heterocycles. The lowest BCUT2D eigenvalue weighted by Crippen LogP contribution is -2.34. The Morgan fingerprint density at radius 3 is 2.70 bits per heavy atom. The van der Waals surface area contributed by atoms with Gasteiger partial charge in [-0.05, 0) is 36.8 Å². The molecule has 1 amide bonds. The normalized spacial score (nSPS) is 13.3. The Balaban J connectivity index is 1.56. The van der Waals surface area contributed by atoms with Crippen molar-refractivity contribution >= 4 is 44.7 Å². The quantitative estimate of drug-likeness (QED) is 0.590. The van der Waals surface area contributed by atoms with Crippen LogP contribution in [0.4, 0.5) is 0 Å². The number of nitrogens with one attached hydrogen (secondary N) is 1. The summed E-state index contributed by atoms with van der Waals surface area (Å²) in [5.74, 6) is 1.37. The molecule has 0 aliphatic carbocycles. The van der Waals surface area contributed by atoms with E-state index in [4.69, 9.17) is 4.74 Å². The maximum atomic E-state index is 12.2. The van der Waals surface area contributed by atoms with Gasteiger partial charge >= 0.3 is 0 Å². The van der Waals surface area contributed by atoms with E-state index in [9.17, 15) is 4.79 Å². The first-order chi connectivity index (χ1) is 14.5. The van der Waals surface area contributed by atoms with Crippen LogP contribution >= 0.6 is 27.7 Å². The fraction of sp³-hybridized carbons (Fsp3) is 0.227. The number of benzene rings is 2. The van der Waals surface area contributed by atoms with Crippen molar-refractivity contribution in [2.75, 3.05) is 18.8 Å². The van der Waals surface area contributed by atoms with E-state index in [0.29, 0.717) is 36.4 Å². The standard InChI is InChI=1S/C22H23BrN4O2S/c1-3-12-27-14-21(29-19-10-8-18(23)9-11-19)25-22(26-27)30-15-20(28)24-13-17-6-4-16(2)5-7-17/h3-11H,1,12-15H2,2H3,(H,24,28). The number of amides is 1. The molecule has 0 saturated carbocycles. The van der Waals surface area contributed by atoms with Gasteiger partial charge in [0, 0.05) is 11.0 Å². The van der Waals surface area contributed by atoms with Crippen LogP contribution < -0.4 is 10.1 Å². The number of ether oxygens (including phenoxy) is 1. The fourth-order valence-corrected chi connectivity index (χ4v) is 3.54. The van der Waals surface area contributed by atoms with Gasteiger partial charge in [-0.15, -0.1) is 11.7 Å². The smallest absolute Gasteiger partial charge is 0.230 e. The molecule has 6 nitrogen and oxygen atoms in total. The van der Waals surface area contributed by atoms with E-state index in [1.165, 1.54) is 17.3 Å². The molecule has 2 aromatic carbocycles. The molecule has 0 spiro atoms. The zero-order valence-corrected chi connectivity index (χ0v) is 19.1. The van der Waals surface area contributed by atoms with Crippen LogP contribution in [0.3, 0.4) is 0 Å². The van der Waals surface area contributed by atoms with Gasteiger partial charge in [0.15, 0.2) is 0 Å². The number of hydrogen-bond donors (Lipinski definition) is 1. The molecule has 0 unspecified atom stereocenters. The highest BCUT2D eigenvalue weighted by molar-refractivity contribution is 9.10. The molecule has 0 saturated heterocycles. The first-order valence-electron chi connectivity index (χ1n) is 9.42. The number of halogens is 1. The van der Waals surface area contributed by atoms with E-state index in [1.54, 1.807) is 11.1 Å².